The summed E-state index contributed by atoms with van der Waals surface area (Å²) in [4.78, 5) is 21.9. The minimum atomic E-state index is -0.948. The zero-order chi connectivity index (χ0) is 12.7. The molecule has 2 N–H and O–H groups in total. The van der Waals surface area contributed by atoms with Crippen molar-refractivity contribution in [2.24, 2.45) is 5.92 Å². The molecule has 1 aromatic rings. The van der Waals surface area contributed by atoms with Crippen LogP contribution in [0.4, 0.5) is 0 Å². The molecule has 1 rings (SSSR count). The number of nitrogens with one attached hydrogen (secondary N) is 1. The zero-order valence-electron chi connectivity index (χ0n) is 9.85. The standard InChI is InChI=1S/C13H17NO3/c1-10(9-12(15)16)13(17)14-8-7-11-5-3-2-4-6-11/h2-6,10H,7-9H2,1H3,(H,14,17)(H,15,16). The summed E-state index contributed by atoms with van der Waals surface area (Å²) in [7, 11) is 0. The molecule has 0 aromatic heterocycles. The van der Waals surface area contributed by atoms with E-state index in [1.165, 1.54) is 0 Å². The number of benzene rings is 1. The van der Waals surface area contributed by atoms with Gasteiger partial charge < -0.3 is 10.4 Å². The van der Waals surface area contributed by atoms with Gasteiger partial charge in [-0.2, -0.15) is 0 Å². The van der Waals surface area contributed by atoms with E-state index in [9.17, 15) is 9.59 Å². The number of amides is 1. The fourth-order valence-electron chi connectivity index (χ4n) is 1.50. The highest BCUT2D eigenvalue weighted by Gasteiger charge is 2.15. The molecule has 1 amide bonds. The Kier molecular flexibility index (Phi) is 5.20. The van der Waals surface area contributed by atoms with E-state index in [1.54, 1.807) is 6.92 Å². The summed E-state index contributed by atoms with van der Waals surface area (Å²) >= 11 is 0. The molecule has 4 nitrogen and oxygen atoms in total. The number of carbonyl (C=O) groups excluding carboxylic acids is 1. The maximum atomic E-state index is 11.5. The molecule has 1 unspecified atom stereocenters. The van der Waals surface area contributed by atoms with Gasteiger partial charge in [0.2, 0.25) is 5.91 Å². The molecule has 0 heterocycles. The Labute approximate surface area is 101 Å². The number of rotatable bonds is 6. The van der Waals surface area contributed by atoms with Crippen molar-refractivity contribution in [2.75, 3.05) is 6.54 Å². The lowest BCUT2D eigenvalue weighted by atomic mass is 10.1. The van der Waals surface area contributed by atoms with Gasteiger partial charge in [-0.3, -0.25) is 9.59 Å². The van der Waals surface area contributed by atoms with Crippen molar-refractivity contribution in [3.8, 4) is 0 Å². The van der Waals surface area contributed by atoms with Crippen LogP contribution in [0.5, 0.6) is 0 Å². The van der Waals surface area contributed by atoms with Gasteiger partial charge in [-0.1, -0.05) is 37.3 Å². The zero-order valence-corrected chi connectivity index (χ0v) is 9.85. The van der Waals surface area contributed by atoms with Crippen LogP contribution < -0.4 is 5.32 Å². The Morgan fingerprint density at radius 3 is 2.53 bits per heavy atom. The molecule has 17 heavy (non-hydrogen) atoms. The van der Waals surface area contributed by atoms with Gasteiger partial charge in [-0.05, 0) is 12.0 Å². The van der Waals surface area contributed by atoms with Crippen LogP contribution in [0.3, 0.4) is 0 Å². The summed E-state index contributed by atoms with van der Waals surface area (Å²) in [6, 6.07) is 9.82. The molecule has 0 saturated heterocycles. The smallest absolute Gasteiger partial charge is 0.304 e. The molecule has 0 spiro atoms. The summed E-state index contributed by atoms with van der Waals surface area (Å²) in [5, 5.41) is 11.3. The van der Waals surface area contributed by atoms with E-state index in [-0.39, 0.29) is 12.3 Å². The van der Waals surface area contributed by atoms with Gasteiger partial charge in [0.15, 0.2) is 0 Å². The maximum Gasteiger partial charge on any atom is 0.304 e. The van der Waals surface area contributed by atoms with Gasteiger partial charge in [0.05, 0.1) is 6.42 Å². The fourth-order valence-corrected chi connectivity index (χ4v) is 1.50. The van der Waals surface area contributed by atoms with Crippen LogP contribution >= 0.6 is 0 Å². The first kappa shape index (κ1) is 13.2. The third-order valence-electron chi connectivity index (χ3n) is 2.48. The highest BCUT2D eigenvalue weighted by Crippen LogP contribution is 2.02. The number of carboxylic acid groups (broad SMARTS) is 1. The second-order valence-corrected chi connectivity index (χ2v) is 4.03. The second kappa shape index (κ2) is 6.68. The monoisotopic (exact) mass is 235 g/mol. The Balaban J connectivity index is 2.27. The number of carbonyl (C=O) groups is 2. The number of aliphatic carboxylic acids is 1. The average Bonchev–Trinajstić information content (AvgIpc) is 2.29. The Morgan fingerprint density at radius 1 is 1.29 bits per heavy atom. The Morgan fingerprint density at radius 2 is 1.94 bits per heavy atom. The van der Waals surface area contributed by atoms with Crippen molar-refractivity contribution in [3.05, 3.63) is 35.9 Å². The molecular weight excluding hydrogens is 218 g/mol. The minimum Gasteiger partial charge on any atom is -0.481 e. The predicted octanol–water partition coefficient (Wildman–Crippen LogP) is 1.46. The molecular formula is C13H17NO3. The summed E-state index contributed by atoms with van der Waals surface area (Å²) in [6.45, 7) is 2.15. The molecule has 1 atom stereocenters. The molecule has 0 saturated carbocycles. The highest BCUT2D eigenvalue weighted by molar-refractivity contribution is 5.82. The van der Waals surface area contributed by atoms with Crippen LogP contribution in [0.2, 0.25) is 0 Å². The van der Waals surface area contributed by atoms with E-state index < -0.39 is 11.9 Å². The van der Waals surface area contributed by atoms with Crippen molar-refractivity contribution in [2.45, 2.75) is 19.8 Å². The highest BCUT2D eigenvalue weighted by atomic mass is 16.4. The van der Waals surface area contributed by atoms with E-state index in [4.69, 9.17) is 5.11 Å². The summed E-state index contributed by atoms with van der Waals surface area (Å²) in [5.74, 6) is -1.64. The van der Waals surface area contributed by atoms with Crippen LogP contribution in [-0.4, -0.2) is 23.5 Å². The van der Waals surface area contributed by atoms with Crippen LogP contribution in [0.15, 0.2) is 30.3 Å². The van der Waals surface area contributed by atoms with Crippen LogP contribution in [-0.2, 0) is 16.0 Å². The number of carboxylic acids is 1. The van der Waals surface area contributed by atoms with Crippen molar-refractivity contribution < 1.29 is 14.7 Å². The molecule has 1 aromatic carbocycles. The normalized spacial score (nSPS) is 11.8. The fraction of sp³-hybridized carbons (Fsp3) is 0.385. The molecule has 0 fully saturated rings. The average molecular weight is 235 g/mol. The van der Waals surface area contributed by atoms with Gasteiger partial charge in [0.1, 0.15) is 0 Å². The largest absolute Gasteiger partial charge is 0.481 e. The minimum absolute atomic E-state index is 0.128. The van der Waals surface area contributed by atoms with E-state index >= 15 is 0 Å². The third-order valence-corrected chi connectivity index (χ3v) is 2.48. The third kappa shape index (κ3) is 5.15. The number of hydrogen-bond donors (Lipinski definition) is 2. The Bertz CT molecular complexity index is 376. The maximum absolute atomic E-state index is 11.5. The lowest BCUT2D eigenvalue weighted by Gasteiger charge is -2.09. The van der Waals surface area contributed by atoms with E-state index in [2.05, 4.69) is 5.32 Å². The molecule has 0 radical (unpaired) electrons. The van der Waals surface area contributed by atoms with Crippen LogP contribution in [0, 0.1) is 5.92 Å². The summed E-state index contributed by atoms with van der Waals surface area (Å²) < 4.78 is 0. The molecule has 0 aliphatic heterocycles. The van der Waals surface area contributed by atoms with Crippen molar-refractivity contribution in [3.63, 3.8) is 0 Å². The van der Waals surface area contributed by atoms with E-state index in [0.717, 1.165) is 12.0 Å². The van der Waals surface area contributed by atoms with Gasteiger partial charge in [-0.25, -0.2) is 0 Å². The number of hydrogen-bond acceptors (Lipinski definition) is 2. The summed E-state index contributed by atoms with van der Waals surface area (Å²) in [6.07, 6.45) is 0.629. The summed E-state index contributed by atoms with van der Waals surface area (Å²) in [5.41, 5.74) is 1.15. The molecule has 92 valence electrons. The van der Waals surface area contributed by atoms with E-state index in [0.29, 0.717) is 6.54 Å². The van der Waals surface area contributed by atoms with Crippen LogP contribution in [0.25, 0.3) is 0 Å². The van der Waals surface area contributed by atoms with E-state index in [1.807, 2.05) is 30.3 Å². The lowest BCUT2D eigenvalue weighted by Crippen LogP contribution is -2.31. The topological polar surface area (TPSA) is 66.4 Å². The van der Waals surface area contributed by atoms with Crippen molar-refractivity contribution >= 4 is 11.9 Å². The second-order valence-electron chi connectivity index (χ2n) is 4.03. The molecule has 4 heteroatoms. The molecule has 0 aliphatic carbocycles. The quantitative estimate of drug-likeness (QED) is 0.784. The first-order valence-corrected chi connectivity index (χ1v) is 5.63. The van der Waals surface area contributed by atoms with Crippen molar-refractivity contribution in [1.29, 1.82) is 0 Å². The van der Waals surface area contributed by atoms with Gasteiger partial charge in [0, 0.05) is 12.5 Å². The first-order chi connectivity index (χ1) is 8.09. The van der Waals surface area contributed by atoms with Gasteiger partial charge >= 0.3 is 5.97 Å². The predicted molar refractivity (Wildman–Crippen MR) is 64.6 cm³/mol. The molecule has 0 bridgehead atoms. The SMILES string of the molecule is CC(CC(=O)O)C(=O)NCCc1ccccc1. The Hall–Kier alpha value is -1.84. The van der Waals surface area contributed by atoms with Gasteiger partial charge in [0.25, 0.3) is 0 Å². The van der Waals surface area contributed by atoms with Crippen molar-refractivity contribution in [1.82, 2.24) is 5.32 Å². The first-order valence-electron chi connectivity index (χ1n) is 5.63. The van der Waals surface area contributed by atoms with Gasteiger partial charge in [-0.15, -0.1) is 0 Å². The lowest BCUT2D eigenvalue weighted by molar-refractivity contribution is -0.140. The van der Waals surface area contributed by atoms with Crippen LogP contribution in [0.1, 0.15) is 18.9 Å². The molecule has 0 aliphatic rings.